The number of aliphatic imine (C=N–C) groups is 1. The maximum atomic E-state index is 11.6. The molecule has 1 aromatic heterocycles. The average molecular weight is 436 g/mol. The minimum atomic E-state index is -0.239. The highest BCUT2D eigenvalue weighted by molar-refractivity contribution is 7.12. The van der Waals surface area contributed by atoms with Gasteiger partial charge in [-0.15, -0.1) is 11.3 Å². The summed E-state index contributed by atoms with van der Waals surface area (Å²) in [4.78, 5) is 21.0. The van der Waals surface area contributed by atoms with Gasteiger partial charge >= 0.3 is 0 Å². The fraction of sp³-hybridized carbons (Fsp3) is 0.667. The second-order valence-corrected chi connectivity index (χ2v) is 9.15. The van der Waals surface area contributed by atoms with Gasteiger partial charge in [-0.2, -0.15) is 5.10 Å². The number of nitrogens with two attached hydrogens (primary N) is 1. The highest BCUT2D eigenvalue weighted by Crippen LogP contribution is 2.46. The zero-order valence-electron chi connectivity index (χ0n) is 17.9. The Morgan fingerprint density at radius 2 is 2.40 bits per heavy atom. The van der Waals surface area contributed by atoms with Crippen molar-refractivity contribution in [1.29, 1.82) is 0 Å². The number of aryl methyl sites for hydroxylation is 1. The standard InChI is InChI=1S/C21H33N5O3S/c1-3-17-10-18-19(30-17)4-9-29-21(18)5-7-26(15(2)11-21)14-16(25-22)12-23-13-20(28)24-6-8-27/h10,12,15,27H,3-9,11,13-14,22H2,1-2H3,(H,24,28)/b23-12?,25-16+/t15-,21+/m0/s1. The minimum Gasteiger partial charge on any atom is -0.395 e. The van der Waals surface area contributed by atoms with Gasteiger partial charge in [0.05, 0.1) is 24.5 Å². The summed E-state index contributed by atoms with van der Waals surface area (Å²) < 4.78 is 6.40. The monoisotopic (exact) mass is 435 g/mol. The molecule has 0 bridgehead atoms. The van der Waals surface area contributed by atoms with E-state index in [1.165, 1.54) is 15.3 Å². The molecule has 0 saturated carbocycles. The summed E-state index contributed by atoms with van der Waals surface area (Å²) in [5.41, 5.74) is 1.87. The van der Waals surface area contributed by atoms with Crippen LogP contribution in [0.3, 0.4) is 0 Å². The minimum absolute atomic E-state index is 0.00772. The first-order chi connectivity index (χ1) is 14.5. The molecule has 0 unspecified atom stereocenters. The Labute approximate surface area is 182 Å². The Balaban J connectivity index is 1.59. The van der Waals surface area contributed by atoms with Crippen LogP contribution >= 0.6 is 11.3 Å². The lowest BCUT2D eigenvalue weighted by Crippen LogP contribution is -2.51. The molecule has 166 valence electrons. The molecule has 3 heterocycles. The zero-order valence-corrected chi connectivity index (χ0v) is 18.7. The Morgan fingerprint density at radius 3 is 3.10 bits per heavy atom. The number of ether oxygens (including phenoxy) is 1. The van der Waals surface area contributed by atoms with E-state index in [2.05, 4.69) is 40.2 Å². The fourth-order valence-electron chi connectivity index (χ4n) is 4.32. The number of hydrazone groups is 1. The van der Waals surface area contributed by atoms with E-state index in [1.54, 1.807) is 6.21 Å². The number of hydrogen-bond acceptors (Lipinski definition) is 8. The quantitative estimate of drug-likeness (QED) is 0.321. The Hall–Kier alpha value is -1.81. The van der Waals surface area contributed by atoms with Crippen LogP contribution in [0.4, 0.5) is 0 Å². The molecule has 1 saturated heterocycles. The van der Waals surface area contributed by atoms with Crippen LogP contribution < -0.4 is 11.2 Å². The van der Waals surface area contributed by atoms with Gasteiger partial charge in [-0.1, -0.05) is 6.92 Å². The average Bonchev–Trinajstić information content (AvgIpc) is 3.18. The lowest BCUT2D eigenvalue weighted by molar-refractivity contribution is -0.119. The van der Waals surface area contributed by atoms with E-state index in [1.807, 2.05) is 11.3 Å². The van der Waals surface area contributed by atoms with Crippen molar-refractivity contribution in [3.63, 3.8) is 0 Å². The predicted octanol–water partition coefficient (Wildman–Crippen LogP) is 1.06. The molecule has 9 heteroatoms. The van der Waals surface area contributed by atoms with Crippen LogP contribution in [0.1, 0.15) is 42.0 Å². The molecule has 1 amide bonds. The van der Waals surface area contributed by atoms with Gasteiger partial charge in [-0.3, -0.25) is 14.7 Å². The van der Waals surface area contributed by atoms with Crippen molar-refractivity contribution in [1.82, 2.24) is 10.2 Å². The number of aliphatic hydroxyl groups is 1. The number of amides is 1. The topological polar surface area (TPSA) is 113 Å². The third-order valence-corrected chi connectivity index (χ3v) is 7.24. The van der Waals surface area contributed by atoms with Crippen LogP contribution in [-0.2, 0) is 28.0 Å². The molecule has 1 fully saturated rings. The number of likely N-dealkylation sites (tertiary alicyclic amines) is 1. The number of hydrogen-bond donors (Lipinski definition) is 3. The number of nitrogens with one attached hydrogen (secondary N) is 1. The molecule has 4 N–H and O–H groups in total. The first kappa shape index (κ1) is 22.9. The van der Waals surface area contributed by atoms with Crippen molar-refractivity contribution in [2.45, 2.75) is 51.2 Å². The van der Waals surface area contributed by atoms with Crippen LogP contribution in [-0.4, -0.2) is 73.3 Å². The van der Waals surface area contributed by atoms with Crippen molar-refractivity contribution in [3.05, 3.63) is 21.4 Å². The lowest BCUT2D eigenvalue weighted by atomic mass is 9.79. The van der Waals surface area contributed by atoms with E-state index >= 15 is 0 Å². The van der Waals surface area contributed by atoms with Gasteiger partial charge in [0.2, 0.25) is 5.91 Å². The number of rotatable bonds is 8. The maximum Gasteiger partial charge on any atom is 0.241 e. The zero-order chi connectivity index (χ0) is 21.6. The van der Waals surface area contributed by atoms with Crippen LogP contribution in [0.5, 0.6) is 0 Å². The van der Waals surface area contributed by atoms with Crippen LogP contribution in [0, 0.1) is 0 Å². The number of fused-ring (bicyclic) bond motifs is 2. The second-order valence-electron chi connectivity index (χ2n) is 7.93. The third kappa shape index (κ3) is 5.26. The van der Waals surface area contributed by atoms with E-state index in [0.717, 1.165) is 38.8 Å². The summed E-state index contributed by atoms with van der Waals surface area (Å²) in [6.45, 7) is 6.84. The molecular formula is C21H33N5O3S. The summed E-state index contributed by atoms with van der Waals surface area (Å²) in [5.74, 6) is 5.32. The molecule has 0 radical (unpaired) electrons. The van der Waals surface area contributed by atoms with E-state index < -0.39 is 0 Å². The molecule has 8 nitrogen and oxygen atoms in total. The van der Waals surface area contributed by atoms with Crippen LogP contribution in [0.15, 0.2) is 16.2 Å². The molecule has 1 spiro atoms. The molecule has 30 heavy (non-hydrogen) atoms. The largest absolute Gasteiger partial charge is 0.395 e. The van der Waals surface area contributed by atoms with Gasteiger partial charge in [0.25, 0.3) is 0 Å². The van der Waals surface area contributed by atoms with Crippen molar-refractivity contribution in [3.8, 4) is 0 Å². The first-order valence-corrected chi connectivity index (χ1v) is 11.5. The normalized spacial score (nSPS) is 25.0. The summed E-state index contributed by atoms with van der Waals surface area (Å²) >= 11 is 1.94. The van der Waals surface area contributed by atoms with Gasteiger partial charge < -0.3 is 21.0 Å². The molecule has 0 aliphatic carbocycles. The SMILES string of the molecule is CCc1cc2c(s1)CCO[C@@]21CCN(C/C(C=NCC(=O)NCCO)=N/N)[C@@H](C)C1. The van der Waals surface area contributed by atoms with Gasteiger partial charge in [0.15, 0.2) is 0 Å². The summed E-state index contributed by atoms with van der Waals surface area (Å²) in [6.07, 6.45) is 5.55. The molecular weight excluding hydrogens is 402 g/mol. The number of carbonyl (C=O) groups excluding carboxylic acids is 1. The molecule has 2 aliphatic heterocycles. The molecule has 3 rings (SSSR count). The first-order valence-electron chi connectivity index (χ1n) is 10.7. The van der Waals surface area contributed by atoms with E-state index in [9.17, 15) is 4.79 Å². The smallest absolute Gasteiger partial charge is 0.241 e. The summed E-state index contributed by atoms with van der Waals surface area (Å²) in [5, 5.41) is 15.1. The number of aliphatic hydroxyl groups excluding tert-OH is 1. The summed E-state index contributed by atoms with van der Waals surface area (Å²) in [7, 11) is 0. The highest BCUT2D eigenvalue weighted by Gasteiger charge is 2.44. The van der Waals surface area contributed by atoms with Gasteiger partial charge in [-0.25, -0.2) is 0 Å². The van der Waals surface area contributed by atoms with Crippen molar-refractivity contribution in [2.75, 3.05) is 39.4 Å². The van der Waals surface area contributed by atoms with Gasteiger partial charge in [-0.05, 0) is 37.8 Å². The lowest BCUT2D eigenvalue weighted by Gasteiger charge is -2.47. The van der Waals surface area contributed by atoms with Crippen LogP contribution in [0.25, 0.3) is 0 Å². The highest BCUT2D eigenvalue weighted by atomic mass is 32.1. The Morgan fingerprint density at radius 1 is 1.57 bits per heavy atom. The Bertz CT molecular complexity index is 794. The van der Waals surface area contributed by atoms with Crippen LogP contribution in [0.2, 0.25) is 0 Å². The fourth-order valence-corrected chi connectivity index (χ4v) is 5.50. The van der Waals surface area contributed by atoms with Crippen molar-refractivity contribution < 1.29 is 14.6 Å². The number of carbonyl (C=O) groups is 1. The predicted molar refractivity (Wildman–Crippen MR) is 120 cm³/mol. The number of piperidine rings is 1. The van der Waals surface area contributed by atoms with Crippen molar-refractivity contribution >= 4 is 29.2 Å². The number of nitrogens with zero attached hydrogens (tertiary/aromatic N) is 3. The molecule has 2 atom stereocenters. The van der Waals surface area contributed by atoms with E-state index in [4.69, 9.17) is 15.7 Å². The van der Waals surface area contributed by atoms with E-state index in [-0.39, 0.29) is 31.2 Å². The van der Waals surface area contributed by atoms with E-state index in [0.29, 0.717) is 18.3 Å². The van der Waals surface area contributed by atoms with Crippen molar-refractivity contribution in [2.24, 2.45) is 15.9 Å². The second kappa shape index (κ2) is 10.5. The molecule has 0 aromatic carbocycles. The van der Waals surface area contributed by atoms with Gasteiger partial charge in [0.1, 0.15) is 6.54 Å². The molecule has 2 aliphatic rings. The molecule has 1 aromatic rings. The maximum absolute atomic E-state index is 11.6. The number of thiophene rings is 1. The Kier molecular flexibility index (Phi) is 7.99. The van der Waals surface area contributed by atoms with Gasteiger partial charge in [0, 0.05) is 48.1 Å². The summed E-state index contributed by atoms with van der Waals surface area (Å²) in [6, 6.07) is 2.68. The third-order valence-electron chi connectivity index (χ3n) is 5.90.